The lowest BCUT2D eigenvalue weighted by Crippen LogP contribution is -2.22. The Morgan fingerprint density at radius 1 is 0.962 bits per heavy atom. The van der Waals surface area contributed by atoms with Gasteiger partial charge >= 0.3 is 11.9 Å². The van der Waals surface area contributed by atoms with Gasteiger partial charge in [0.05, 0.1) is 25.6 Å². The molecule has 2 unspecified atom stereocenters. The fourth-order valence-corrected chi connectivity index (χ4v) is 1.91. The van der Waals surface area contributed by atoms with Crippen molar-refractivity contribution in [1.29, 1.82) is 0 Å². The van der Waals surface area contributed by atoms with Gasteiger partial charge in [-0.25, -0.2) is 0 Å². The summed E-state index contributed by atoms with van der Waals surface area (Å²) in [5, 5.41) is 9.09. The highest BCUT2D eigenvalue weighted by Crippen LogP contribution is 2.04. The number of aliphatic hydroxyl groups excluding tert-OH is 1. The van der Waals surface area contributed by atoms with E-state index in [2.05, 4.69) is 12.2 Å². The Labute approximate surface area is 157 Å². The molecular formula is C21H32O5. The first kappa shape index (κ1) is 23.9. The summed E-state index contributed by atoms with van der Waals surface area (Å²) >= 11 is 0. The van der Waals surface area contributed by atoms with E-state index in [-0.39, 0.29) is 12.8 Å². The molecule has 0 amide bonds. The predicted octanol–water partition coefficient (Wildman–Crippen LogP) is 4.04. The second-order valence-electron chi connectivity index (χ2n) is 5.97. The van der Waals surface area contributed by atoms with E-state index in [9.17, 15) is 9.59 Å². The fourth-order valence-electron chi connectivity index (χ4n) is 1.91. The molecule has 5 nitrogen and oxygen atoms in total. The number of carbonyl (C=O) groups is 2. The zero-order valence-electron chi connectivity index (χ0n) is 16.1. The Morgan fingerprint density at radius 3 is 2.31 bits per heavy atom. The van der Waals surface area contributed by atoms with Crippen molar-refractivity contribution in [1.82, 2.24) is 0 Å². The molecule has 0 heterocycles. The SMILES string of the molecule is CC=CCC=CC=CC=CCCCOC(=O)CC(C)OC(=O)CC(C)O. The number of rotatable bonds is 13. The quantitative estimate of drug-likeness (QED) is 0.231. The number of unbranched alkanes of at least 4 members (excludes halogenated alkanes) is 1. The maximum atomic E-state index is 11.6. The summed E-state index contributed by atoms with van der Waals surface area (Å²) in [4.78, 5) is 23.0. The average Bonchev–Trinajstić information content (AvgIpc) is 2.54. The molecule has 2 atom stereocenters. The van der Waals surface area contributed by atoms with Crippen LogP contribution in [0.2, 0.25) is 0 Å². The van der Waals surface area contributed by atoms with Crippen molar-refractivity contribution < 1.29 is 24.2 Å². The van der Waals surface area contributed by atoms with E-state index in [0.717, 1.165) is 19.3 Å². The van der Waals surface area contributed by atoms with Crippen molar-refractivity contribution in [2.45, 2.75) is 65.1 Å². The number of ether oxygens (including phenoxy) is 2. The van der Waals surface area contributed by atoms with Crippen molar-refractivity contribution >= 4 is 11.9 Å². The number of esters is 2. The minimum atomic E-state index is -0.751. The maximum Gasteiger partial charge on any atom is 0.309 e. The summed E-state index contributed by atoms with van der Waals surface area (Å²) in [5.41, 5.74) is 0. The lowest BCUT2D eigenvalue weighted by Gasteiger charge is -2.13. The molecule has 1 N–H and O–H groups in total. The molecule has 0 aliphatic rings. The lowest BCUT2D eigenvalue weighted by molar-refractivity contribution is -0.155. The third-order valence-electron chi connectivity index (χ3n) is 3.14. The molecule has 146 valence electrons. The van der Waals surface area contributed by atoms with Gasteiger partial charge in [0.25, 0.3) is 0 Å². The van der Waals surface area contributed by atoms with Gasteiger partial charge in [-0.2, -0.15) is 0 Å². The van der Waals surface area contributed by atoms with Gasteiger partial charge in [0, 0.05) is 0 Å². The number of allylic oxidation sites excluding steroid dienone is 8. The Kier molecular flexibility index (Phi) is 15.0. The Bertz CT molecular complexity index is 501. The summed E-state index contributed by atoms with van der Waals surface area (Å²) in [5.74, 6) is -0.910. The molecule has 0 aromatic rings. The highest BCUT2D eigenvalue weighted by atomic mass is 16.6. The van der Waals surface area contributed by atoms with E-state index >= 15 is 0 Å². The van der Waals surface area contributed by atoms with Crippen LogP contribution in [0.25, 0.3) is 0 Å². The standard InChI is InChI=1S/C21H32O5/c1-4-5-6-7-8-9-10-11-12-13-14-15-25-20(23)17-19(3)26-21(24)16-18(2)22/h4-5,7-12,18-19,22H,6,13-17H2,1-3H3. The summed E-state index contributed by atoms with van der Waals surface area (Å²) in [6.07, 6.45) is 17.2. The van der Waals surface area contributed by atoms with Crippen LogP contribution in [0.5, 0.6) is 0 Å². The summed E-state index contributed by atoms with van der Waals surface area (Å²) in [6.45, 7) is 5.47. The van der Waals surface area contributed by atoms with Crippen LogP contribution in [0.1, 0.15) is 52.9 Å². The minimum absolute atomic E-state index is 0.0175. The number of carbonyl (C=O) groups excluding carboxylic acids is 2. The van der Waals surface area contributed by atoms with Gasteiger partial charge in [-0.05, 0) is 40.0 Å². The van der Waals surface area contributed by atoms with Crippen molar-refractivity contribution in [3.63, 3.8) is 0 Å². The molecule has 0 spiro atoms. The first-order valence-corrected chi connectivity index (χ1v) is 9.08. The van der Waals surface area contributed by atoms with E-state index < -0.39 is 24.1 Å². The first-order chi connectivity index (χ1) is 12.5. The molecule has 0 saturated carbocycles. The minimum Gasteiger partial charge on any atom is -0.466 e. The van der Waals surface area contributed by atoms with Gasteiger partial charge in [-0.1, -0.05) is 48.6 Å². The van der Waals surface area contributed by atoms with Gasteiger partial charge in [0.2, 0.25) is 0 Å². The van der Waals surface area contributed by atoms with Crippen LogP contribution in [-0.2, 0) is 19.1 Å². The van der Waals surface area contributed by atoms with Crippen molar-refractivity contribution in [2.75, 3.05) is 6.61 Å². The molecular weight excluding hydrogens is 332 g/mol. The third kappa shape index (κ3) is 16.7. The molecule has 26 heavy (non-hydrogen) atoms. The van der Waals surface area contributed by atoms with E-state index in [4.69, 9.17) is 14.6 Å². The second-order valence-corrected chi connectivity index (χ2v) is 5.97. The molecule has 0 aromatic carbocycles. The number of hydrogen-bond acceptors (Lipinski definition) is 5. The highest BCUT2D eigenvalue weighted by molar-refractivity contribution is 5.72. The second kappa shape index (κ2) is 16.3. The van der Waals surface area contributed by atoms with Gasteiger partial charge in [-0.3, -0.25) is 9.59 Å². The van der Waals surface area contributed by atoms with Crippen LogP contribution in [0.3, 0.4) is 0 Å². The predicted molar refractivity (Wildman–Crippen MR) is 104 cm³/mol. The van der Waals surface area contributed by atoms with Crippen LogP contribution >= 0.6 is 0 Å². The van der Waals surface area contributed by atoms with Crippen molar-refractivity contribution in [2.24, 2.45) is 0 Å². The average molecular weight is 364 g/mol. The molecule has 0 radical (unpaired) electrons. The maximum absolute atomic E-state index is 11.6. The monoisotopic (exact) mass is 364 g/mol. The largest absolute Gasteiger partial charge is 0.466 e. The van der Waals surface area contributed by atoms with Gasteiger partial charge in [0.1, 0.15) is 6.10 Å². The summed E-state index contributed by atoms with van der Waals surface area (Å²) < 4.78 is 10.1. The topological polar surface area (TPSA) is 72.8 Å². The normalized spacial score (nSPS) is 14.5. The molecule has 0 aliphatic carbocycles. The third-order valence-corrected chi connectivity index (χ3v) is 3.14. The Morgan fingerprint density at radius 2 is 1.65 bits per heavy atom. The van der Waals surface area contributed by atoms with E-state index in [1.807, 2.05) is 43.4 Å². The smallest absolute Gasteiger partial charge is 0.309 e. The van der Waals surface area contributed by atoms with Gasteiger partial charge in [-0.15, -0.1) is 0 Å². The van der Waals surface area contributed by atoms with Crippen LogP contribution in [-0.4, -0.2) is 35.9 Å². The Balaban J connectivity index is 3.72. The zero-order valence-corrected chi connectivity index (χ0v) is 16.1. The number of hydrogen-bond donors (Lipinski definition) is 1. The van der Waals surface area contributed by atoms with E-state index in [0.29, 0.717) is 6.61 Å². The Hall–Kier alpha value is -2.14. The molecule has 0 rings (SSSR count). The molecule has 0 fully saturated rings. The molecule has 0 aromatic heterocycles. The molecule has 0 aliphatic heterocycles. The van der Waals surface area contributed by atoms with E-state index in [1.165, 1.54) is 6.92 Å². The van der Waals surface area contributed by atoms with Crippen LogP contribution in [0.15, 0.2) is 48.6 Å². The molecule has 5 heteroatoms. The van der Waals surface area contributed by atoms with E-state index in [1.54, 1.807) is 6.92 Å². The molecule has 0 saturated heterocycles. The zero-order chi connectivity index (χ0) is 19.6. The lowest BCUT2D eigenvalue weighted by atomic mass is 10.2. The van der Waals surface area contributed by atoms with Crippen molar-refractivity contribution in [3.05, 3.63) is 48.6 Å². The highest BCUT2D eigenvalue weighted by Gasteiger charge is 2.15. The fraction of sp³-hybridized carbons (Fsp3) is 0.524. The van der Waals surface area contributed by atoms with Crippen LogP contribution in [0, 0.1) is 0 Å². The van der Waals surface area contributed by atoms with Crippen LogP contribution in [0.4, 0.5) is 0 Å². The summed E-state index contributed by atoms with van der Waals surface area (Å²) in [7, 11) is 0. The van der Waals surface area contributed by atoms with Gasteiger partial charge < -0.3 is 14.6 Å². The van der Waals surface area contributed by atoms with Crippen LogP contribution < -0.4 is 0 Å². The van der Waals surface area contributed by atoms with Gasteiger partial charge in [0.15, 0.2) is 0 Å². The number of aliphatic hydroxyl groups is 1. The first-order valence-electron chi connectivity index (χ1n) is 9.08. The summed E-state index contributed by atoms with van der Waals surface area (Å²) in [6, 6.07) is 0. The molecule has 0 bridgehead atoms. The van der Waals surface area contributed by atoms with Crippen molar-refractivity contribution in [3.8, 4) is 0 Å².